The van der Waals surface area contributed by atoms with Crippen molar-refractivity contribution < 1.29 is 4.52 Å². The Labute approximate surface area is 71.9 Å². The number of nitrogens with two attached hydrogens (primary N) is 1. The van der Waals surface area contributed by atoms with Crippen LogP contribution in [-0.4, -0.2) is 11.2 Å². The van der Waals surface area contributed by atoms with E-state index in [0.717, 1.165) is 31.4 Å². The summed E-state index contributed by atoms with van der Waals surface area (Å²) in [6.07, 6.45) is 6.21. The van der Waals surface area contributed by atoms with Crippen LogP contribution in [-0.2, 0) is 0 Å². The van der Waals surface area contributed by atoms with E-state index in [0.29, 0.717) is 12.0 Å². The fraction of sp³-hybridized carbons (Fsp3) is 0.667. The summed E-state index contributed by atoms with van der Waals surface area (Å²) in [5, 5.41) is 3.95. The molecule has 0 bridgehead atoms. The number of nitrogens with zero attached hydrogens (tertiary/aromatic N) is 1. The summed E-state index contributed by atoms with van der Waals surface area (Å²) in [6.45, 7) is 0. The summed E-state index contributed by atoms with van der Waals surface area (Å²) in [4.78, 5) is 0. The van der Waals surface area contributed by atoms with Crippen molar-refractivity contribution in [3.63, 3.8) is 0 Å². The molecule has 0 unspecified atom stereocenters. The molecule has 0 aromatic carbocycles. The molecule has 1 saturated carbocycles. The maximum Gasteiger partial charge on any atom is 0.124 e. The van der Waals surface area contributed by atoms with E-state index < -0.39 is 0 Å². The van der Waals surface area contributed by atoms with Crippen molar-refractivity contribution in [3.8, 4) is 0 Å². The Morgan fingerprint density at radius 2 is 2.08 bits per heavy atom. The zero-order valence-corrected chi connectivity index (χ0v) is 7.07. The monoisotopic (exact) mass is 166 g/mol. The summed E-state index contributed by atoms with van der Waals surface area (Å²) >= 11 is 0. The lowest BCUT2D eigenvalue weighted by Gasteiger charge is -2.23. The van der Waals surface area contributed by atoms with Gasteiger partial charge in [0.2, 0.25) is 0 Å². The quantitative estimate of drug-likeness (QED) is 0.690. The molecule has 0 saturated heterocycles. The minimum Gasteiger partial charge on any atom is -0.365 e. The Bertz CT molecular complexity index is 225. The second-order valence-electron chi connectivity index (χ2n) is 3.54. The maximum absolute atomic E-state index is 5.81. The van der Waals surface area contributed by atoms with Crippen LogP contribution in [0, 0.1) is 0 Å². The predicted molar refractivity (Wildman–Crippen MR) is 45.7 cm³/mol. The zero-order chi connectivity index (χ0) is 8.39. The summed E-state index contributed by atoms with van der Waals surface area (Å²) in [5.74, 6) is 0.587. The lowest BCUT2D eigenvalue weighted by atomic mass is 9.85. The van der Waals surface area contributed by atoms with E-state index in [1.54, 1.807) is 6.26 Å². The fourth-order valence-electron chi connectivity index (χ4n) is 1.85. The predicted octanol–water partition coefficient (Wildman–Crippen LogP) is 1.66. The Morgan fingerprint density at radius 3 is 2.67 bits per heavy atom. The van der Waals surface area contributed by atoms with Crippen LogP contribution in [0.15, 0.2) is 16.9 Å². The molecule has 0 spiro atoms. The van der Waals surface area contributed by atoms with Gasteiger partial charge in [0.25, 0.3) is 0 Å². The van der Waals surface area contributed by atoms with Gasteiger partial charge in [0.15, 0.2) is 0 Å². The first-order chi connectivity index (χ1) is 5.86. The number of hydrogen-bond donors (Lipinski definition) is 1. The van der Waals surface area contributed by atoms with Gasteiger partial charge in [-0.25, -0.2) is 0 Å². The van der Waals surface area contributed by atoms with Gasteiger partial charge in [-0.1, -0.05) is 5.16 Å². The fourth-order valence-corrected chi connectivity index (χ4v) is 1.85. The Morgan fingerprint density at radius 1 is 1.33 bits per heavy atom. The lowest BCUT2D eigenvalue weighted by molar-refractivity contribution is 0.361. The molecular weight excluding hydrogens is 152 g/mol. The number of hydrogen-bond acceptors (Lipinski definition) is 3. The molecule has 2 N–H and O–H groups in total. The van der Waals surface area contributed by atoms with E-state index in [4.69, 9.17) is 10.3 Å². The second kappa shape index (κ2) is 3.27. The molecule has 0 aliphatic heterocycles. The van der Waals surface area contributed by atoms with Gasteiger partial charge in [0, 0.05) is 18.0 Å². The third-order valence-corrected chi connectivity index (χ3v) is 2.65. The Kier molecular flexibility index (Phi) is 2.13. The van der Waals surface area contributed by atoms with Crippen LogP contribution < -0.4 is 5.73 Å². The van der Waals surface area contributed by atoms with Gasteiger partial charge in [0.05, 0.1) is 5.69 Å². The standard InChI is InChI=1S/C9H14N2O/c10-8-3-1-7(2-4-8)9-5-6-12-11-9/h5-8H,1-4,10H2/t7-,8-. The van der Waals surface area contributed by atoms with Gasteiger partial charge in [-0.05, 0) is 25.7 Å². The Balaban J connectivity index is 1.99. The molecule has 12 heavy (non-hydrogen) atoms. The highest BCUT2D eigenvalue weighted by Crippen LogP contribution is 2.30. The van der Waals surface area contributed by atoms with Gasteiger partial charge in [0.1, 0.15) is 6.26 Å². The highest BCUT2D eigenvalue weighted by Gasteiger charge is 2.21. The first kappa shape index (κ1) is 7.80. The van der Waals surface area contributed by atoms with Crippen LogP contribution >= 0.6 is 0 Å². The molecule has 1 aromatic heterocycles. The SMILES string of the molecule is N[C@H]1CC[C@H](c2ccon2)CC1. The summed E-state index contributed by atoms with van der Waals surface area (Å²) in [6, 6.07) is 2.37. The van der Waals surface area contributed by atoms with Crippen LogP contribution in [0.1, 0.15) is 37.3 Å². The highest BCUT2D eigenvalue weighted by atomic mass is 16.5. The van der Waals surface area contributed by atoms with E-state index in [2.05, 4.69) is 5.16 Å². The topological polar surface area (TPSA) is 52.0 Å². The van der Waals surface area contributed by atoms with E-state index >= 15 is 0 Å². The molecule has 1 aromatic rings. The van der Waals surface area contributed by atoms with Crippen molar-refractivity contribution in [1.29, 1.82) is 0 Å². The van der Waals surface area contributed by atoms with Gasteiger partial charge in [-0.2, -0.15) is 0 Å². The van der Waals surface area contributed by atoms with Crippen molar-refractivity contribution in [1.82, 2.24) is 5.16 Å². The maximum atomic E-state index is 5.81. The van der Waals surface area contributed by atoms with E-state index in [1.807, 2.05) is 6.07 Å². The minimum absolute atomic E-state index is 0.410. The van der Waals surface area contributed by atoms with Crippen molar-refractivity contribution in [2.24, 2.45) is 5.73 Å². The minimum atomic E-state index is 0.410. The molecule has 1 aliphatic carbocycles. The zero-order valence-electron chi connectivity index (χ0n) is 7.07. The molecule has 0 amide bonds. The third kappa shape index (κ3) is 1.50. The molecule has 3 heteroatoms. The third-order valence-electron chi connectivity index (χ3n) is 2.65. The molecule has 1 fully saturated rings. The Hall–Kier alpha value is -0.830. The molecule has 1 heterocycles. The highest BCUT2D eigenvalue weighted by molar-refractivity contribution is 5.05. The molecular formula is C9H14N2O. The number of rotatable bonds is 1. The molecule has 3 nitrogen and oxygen atoms in total. The summed E-state index contributed by atoms with van der Waals surface area (Å²) < 4.78 is 4.81. The first-order valence-electron chi connectivity index (χ1n) is 4.52. The molecule has 66 valence electrons. The van der Waals surface area contributed by atoms with Crippen molar-refractivity contribution >= 4 is 0 Å². The van der Waals surface area contributed by atoms with Crippen molar-refractivity contribution in [3.05, 3.63) is 18.0 Å². The molecule has 1 aliphatic rings. The largest absolute Gasteiger partial charge is 0.365 e. The van der Waals surface area contributed by atoms with Crippen molar-refractivity contribution in [2.75, 3.05) is 0 Å². The average Bonchev–Trinajstić information content (AvgIpc) is 2.58. The van der Waals surface area contributed by atoms with E-state index in [1.165, 1.54) is 0 Å². The van der Waals surface area contributed by atoms with Gasteiger partial charge >= 0.3 is 0 Å². The second-order valence-corrected chi connectivity index (χ2v) is 3.54. The summed E-state index contributed by atoms with van der Waals surface area (Å²) in [7, 11) is 0. The van der Waals surface area contributed by atoms with Crippen LogP contribution in [0.5, 0.6) is 0 Å². The normalized spacial score (nSPS) is 30.4. The van der Waals surface area contributed by atoms with Gasteiger partial charge in [-0.3, -0.25) is 0 Å². The van der Waals surface area contributed by atoms with E-state index in [9.17, 15) is 0 Å². The number of aromatic nitrogens is 1. The van der Waals surface area contributed by atoms with Crippen LogP contribution in [0.3, 0.4) is 0 Å². The summed E-state index contributed by atoms with van der Waals surface area (Å²) in [5.41, 5.74) is 6.91. The van der Waals surface area contributed by atoms with Crippen LogP contribution in [0.4, 0.5) is 0 Å². The van der Waals surface area contributed by atoms with Gasteiger partial charge in [-0.15, -0.1) is 0 Å². The molecule has 2 rings (SSSR count). The van der Waals surface area contributed by atoms with Gasteiger partial charge < -0.3 is 10.3 Å². The van der Waals surface area contributed by atoms with E-state index in [-0.39, 0.29) is 0 Å². The average molecular weight is 166 g/mol. The first-order valence-corrected chi connectivity index (χ1v) is 4.52. The van der Waals surface area contributed by atoms with Crippen LogP contribution in [0.25, 0.3) is 0 Å². The molecule has 0 atom stereocenters. The van der Waals surface area contributed by atoms with Crippen LogP contribution in [0.2, 0.25) is 0 Å². The van der Waals surface area contributed by atoms with Crippen molar-refractivity contribution in [2.45, 2.75) is 37.6 Å². The smallest absolute Gasteiger partial charge is 0.124 e. The lowest BCUT2D eigenvalue weighted by Crippen LogP contribution is -2.25. The molecule has 0 radical (unpaired) electrons.